The van der Waals surface area contributed by atoms with Crippen molar-refractivity contribution in [1.29, 1.82) is 0 Å². The Morgan fingerprint density at radius 3 is 1.38 bits per heavy atom. The van der Waals surface area contributed by atoms with Gasteiger partial charge in [-0.3, -0.25) is 20.2 Å². The molecule has 0 saturated heterocycles. The van der Waals surface area contributed by atoms with E-state index in [0.29, 0.717) is 0 Å². The van der Waals surface area contributed by atoms with Crippen LogP contribution in [0.2, 0.25) is 10.0 Å². The summed E-state index contributed by atoms with van der Waals surface area (Å²) in [4.78, 5) is 52.1. The molecule has 0 amide bonds. The predicted octanol–water partition coefficient (Wildman–Crippen LogP) is 3.74. The summed E-state index contributed by atoms with van der Waals surface area (Å²) in [7, 11) is 0. The molecular weight excluding hydrogens is 395 g/mol. The second-order valence-electron chi connectivity index (χ2n) is 4.58. The number of benzene rings is 2. The van der Waals surface area contributed by atoms with E-state index in [9.17, 15) is 29.8 Å². The molecule has 0 aromatic heterocycles. The molecule has 0 radical (unpaired) electrons. The molecule has 2 aromatic carbocycles. The quantitative estimate of drug-likeness (QED) is 0.429. The van der Waals surface area contributed by atoms with E-state index < -0.39 is 21.8 Å². The molecule has 0 spiro atoms. The highest BCUT2D eigenvalue weighted by Crippen LogP contribution is 2.25. The highest BCUT2D eigenvalue weighted by molar-refractivity contribution is 6.34. The highest BCUT2D eigenvalue weighted by atomic mass is 35.5. The molecule has 10 nitrogen and oxygen atoms in total. The molecule has 134 valence electrons. The maximum Gasteiger partial charge on any atom is 0.387 e. The van der Waals surface area contributed by atoms with Gasteiger partial charge in [0, 0.05) is 24.3 Å². The highest BCUT2D eigenvalue weighted by Gasteiger charge is 2.21. The van der Waals surface area contributed by atoms with Crippen LogP contribution >= 0.6 is 23.2 Å². The Bertz CT molecular complexity index is 856. The second kappa shape index (κ2) is 7.76. The topological polar surface area (TPSA) is 139 Å². The van der Waals surface area contributed by atoms with Gasteiger partial charge in [0.2, 0.25) is 0 Å². The number of rotatable bonds is 4. The zero-order chi connectivity index (χ0) is 19.4. The van der Waals surface area contributed by atoms with E-state index in [1.807, 2.05) is 0 Å². The van der Waals surface area contributed by atoms with Gasteiger partial charge in [-0.1, -0.05) is 23.2 Å². The van der Waals surface area contributed by atoms with Crippen molar-refractivity contribution in [3.63, 3.8) is 0 Å². The third-order valence-electron chi connectivity index (χ3n) is 2.96. The molecule has 0 bridgehead atoms. The van der Waals surface area contributed by atoms with Gasteiger partial charge in [-0.05, 0) is 12.1 Å². The molecule has 0 aliphatic carbocycles. The first kappa shape index (κ1) is 19.1. The molecule has 2 aromatic rings. The van der Waals surface area contributed by atoms with Gasteiger partial charge in [-0.25, -0.2) is 19.4 Å². The first-order chi connectivity index (χ1) is 12.2. The smallest absolute Gasteiger partial charge is 0.258 e. The minimum Gasteiger partial charge on any atom is -0.258 e. The number of nitrogens with zero attached hydrogens (tertiary/aromatic N) is 2. The molecule has 2 rings (SSSR count). The normalized spacial score (nSPS) is 10.1. The van der Waals surface area contributed by atoms with Crippen LogP contribution in [0.4, 0.5) is 11.4 Å². The number of hydrogen-bond donors (Lipinski definition) is 0. The van der Waals surface area contributed by atoms with Crippen LogP contribution in [0.5, 0.6) is 0 Å². The van der Waals surface area contributed by atoms with Crippen LogP contribution in [-0.4, -0.2) is 21.8 Å². The van der Waals surface area contributed by atoms with Gasteiger partial charge in [-0.2, -0.15) is 0 Å². The molecule has 0 aliphatic rings. The Morgan fingerprint density at radius 1 is 0.769 bits per heavy atom. The zero-order valence-electron chi connectivity index (χ0n) is 12.4. The molecule has 12 heteroatoms. The van der Waals surface area contributed by atoms with E-state index in [-0.39, 0.29) is 32.5 Å². The van der Waals surface area contributed by atoms with Crippen molar-refractivity contribution in [3.8, 4) is 0 Å². The van der Waals surface area contributed by atoms with Gasteiger partial charge in [0.25, 0.3) is 11.4 Å². The van der Waals surface area contributed by atoms with Crippen molar-refractivity contribution in [2.75, 3.05) is 0 Å². The lowest BCUT2D eigenvalue weighted by Crippen LogP contribution is -2.12. The molecule has 0 atom stereocenters. The van der Waals surface area contributed by atoms with Gasteiger partial charge in [0.05, 0.1) is 31.0 Å². The van der Waals surface area contributed by atoms with E-state index in [1.54, 1.807) is 0 Å². The lowest BCUT2D eigenvalue weighted by Gasteiger charge is -2.05. The molecule has 0 saturated carbocycles. The second-order valence-corrected chi connectivity index (χ2v) is 5.40. The summed E-state index contributed by atoms with van der Waals surface area (Å²) < 4.78 is 0. The predicted molar refractivity (Wildman–Crippen MR) is 87.0 cm³/mol. The number of halogens is 2. The molecule has 26 heavy (non-hydrogen) atoms. The van der Waals surface area contributed by atoms with Gasteiger partial charge in [0.1, 0.15) is 0 Å². The fourth-order valence-corrected chi connectivity index (χ4v) is 2.24. The van der Waals surface area contributed by atoms with E-state index in [4.69, 9.17) is 23.2 Å². The third-order valence-corrected chi connectivity index (χ3v) is 3.59. The molecule has 0 heterocycles. The fraction of sp³-hybridized carbons (Fsp3) is 0. The Hall–Kier alpha value is -3.24. The maximum atomic E-state index is 11.8. The summed E-state index contributed by atoms with van der Waals surface area (Å²) in [6.07, 6.45) is 0. The fourth-order valence-electron chi connectivity index (χ4n) is 1.73. The minimum absolute atomic E-state index is 0.278. The summed E-state index contributed by atoms with van der Waals surface area (Å²) in [5.41, 5.74) is -1.25. The maximum absolute atomic E-state index is 11.8. The number of hydrogen-bond acceptors (Lipinski definition) is 8. The van der Waals surface area contributed by atoms with E-state index in [1.165, 1.54) is 0 Å². The van der Waals surface area contributed by atoms with Crippen molar-refractivity contribution < 1.29 is 29.2 Å². The lowest BCUT2D eigenvalue weighted by atomic mass is 10.2. The first-order valence-corrected chi connectivity index (χ1v) is 7.27. The minimum atomic E-state index is -1.18. The monoisotopic (exact) mass is 400 g/mol. The van der Waals surface area contributed by atoms with Crippen LogP contribution in [0.3, 0.4) is 0 Å². The Balaban J connectivity index is 2.09. The Kier molecular flexibility index (Phi) is 5.70. The van der Waals surface area contributed by atoms with Gasteiger partial charge in [-0.15, -0.1) is 0 Å². The van der Waals surface area contributed by atoms with Crippen molar-refractivity contribution >= 4 is 46.5 Å². The summed E-state index contributed by atoms with van der Waals surface area (Å²) in [6.45, 7) is 0. The van der Waals surface area contributed by atoms with Gasteiger partial charge >= 0.3 is 11.9 Å². The van der Waals surface area contributed by atoms with Crippen LogP contribution < -0.4 is 0 Å². The largest absolute Gasteiger partial charge is 0.387 e. The number of nitro groups is 2. The number of carbonyl (C=O) groups is 2. The van der Waals surface area contributed by atoms with Gasteiger partial charge < -0.3 is 0 Å². The van der Waals surface area contributed by atoms with Crippen molar-refractivity contribution in [1.82, 2.24) is 0 Å². The molecule has 0 aliphatic heterocycles. The van der Waals surface area contributed by atoms with E-state index in [2.05, 4.69) is 9.78 Å². The molecular formula is C14H6Cl2N2O8. The summed E-state index contributed by atoms with van der Waals surface area (Å²) >= 11 is 11.5. The molecule has 0 unspecified atom stereocenters. The summed E-state index contributed by atoms with van der Waals surface area (Å²) in [5, 5.41) is 20.7. The van der Waals surface area contributed by atoms with E-state index in [0.717, 1.165) is 36.4 Å². The number of non-ortho nitro benzene ring substituents is 2. The van der Waals surface area contributed by atoms with Gasteiger partial charge in [0.15, 0.2) is 0 Å². The third kappa shape index (κ3) is 4.23. The average molecular weight is 401 g/mol. The average Bonchev–Trinajstić information content (AvgIpc) is 2.58. The SMILES string of the molecule is O=C(OOC(=O)c1ccc([N+](=O)[O-])cc1Cl)c1ccc([N+](=O)[O-])cc1Cl. The van der Waals surface area contributed by atoms with Crippen molar-refractivity contribution in [2.45, 2.75) is 0 Å². The van der Waals surface area contributed by atoms with E-state index >= 15 is 0 Å². The van der Waals surface area contributed by atoms with Crippen LogP contribution in [-0.2, 0) is 9.78 Å². The standard InChI is InChI=1S/C14H6Cl2N2O8/c15-11-5-7(17(21)22)1-3-9(11)13(19)25-26-14(20)10-4-2-8(18(23)24)6-12(10)16/h1-6H. The molecule has 0 fully saturated rings. The van der Waals surface area contributed by atoms with Crippen LogP contribution in [0.25, 0.3) is 0 Å². The number of nitro benzene ring substituents is 2. The van der Waals surface area contributed by atoms with Crippen molar-refractivity contribution in [3.05, 3.63) is 77.8 Å². The Morgan fingerprint density at radius 2 is 1.12 bits per heavy atom. The van der Waals surface area contributed by atoms with Crippen LogP contribution in [0, 0.1) is 20.2 Å². The lowest BCUT2D eigenvalue weighted by molar-refractivity contribution is -0.385. The zero-order valence-corrected chi connectivity index (χ0v) is 13.9. The first-order valence-electron chi connectivity index (χ1n) is 6.51. The summed E-state index contributed by atoms with van der Waals surface area (Å²) in [6, 6.07) is 5.92. The van der Waals surface area contributed by atoms with Crippen molar-refractivity contribution in [2.24, 2.45) is 0 Å². The van der Waals surface area contributed by atoms with Crippen LogP contribution in [0.15, 0.2) is 36.4 Å². The van der Waals surface area contributed by atoms with Crippen LogP contribution in [0.1, 0.15) is 20.7 Å². The Labute approximate surface area is 154 Å². The number of carbonyl (C=O) groups excluding carboxylic acids is 2. The summed E-state index contributed by atoms with van der Waals surface area (Å²) in [5.74, 6) is -2.37. The molecule has 0 N–H and O–H groups in total.